The van der Waals surface area contributed by atoms with Gasteiger partial charge in [-0.1, -0.05) is 26.7 Å². The summed E-state index contributed by atoms with van der Waals surface area (Å²) >= 11 is 0. The van der Waals surface area contributed by atoms with Crippen molar-refractivity contribution >= 4 is 0 Å². The summed E-state index contributed by atoms with van der Waals surface area (Å²) in [5, 5.41) is 3.53. The fourth-order valence-electron chi connectivity index (χ4n) is 3.68. The predicted octanol–water partition coefficient (Wildman–Crippen LogP) is 3.03. The lowest BCUT2D eigenvalue weighted by atomic mass is 9.78. The van der Waals surface area contributed by atoms with E-state index < -0.39 is 0 Å². The van der Waals surface area contributed by atoms with E-state index >= 15 is 0 Å². The number of nitrogens with zero attached hydrogens (tertiary/aromatic N) is 1. The molecular weight excluding hydrogens is 208 g/mol. The minimum Gasteiger partial charge on any atom is -0.314 e. The summed E-state index contributed by atoms with van der Waals surface area (Å²) in [5.74, 6) is 1.04. The molecule has 2 heteroatoms. The van der Waals surface area contributed by atoms with Gasteiger partial charge in [-0.25, -0.2) is 0 Å². The van der Waals surface area contributed by atoms with Gasteiger partial charge in [0.2, 0.25) is 0 Å². The number of fused-ring (bicyclic) bond motifs is 1. The zero-order valence-corrected chi connectivity index (χ0v) is 11.8. The maximum absolute atomic E-state index is 3.53. The minimum atomic E-state index is 0.638. The van der Waals surface area contributed by atoms with Crippen LogP contribution in [0.2, 0.25) is 0 Å². The van der Waals surface area contributed by atoms with Crippen LogP contribution in [0.1, 0.15) is 58.8 Å². The smallest absolute Gasteiger partial charge is 0.0123 e. The lowest BCUT2D eigenvalue weighted by Crippen LogP contribution is -2.47. The van der Waals surface area contributed by atoms with Gasteiger partial charge in [0, 0.05) is 12.1 Å². The molecule has 17 heavy (non-hydrogen) atoms. The average molecular weight is 238 g/mol. The van der Waals surface area contributed by atoms with Crippen LogP contribution in [0.5, 0.6) is 0 Å². The second-order valence-electron chi connectivity index (χ2n) is 6.25. The highest BCUT2D eigenvalue weighted by atomic mass is 15.2. The van der Waals surface area contributed by atoms with Crippen molar-refractivity contribution in [2.75, 3.05) is 19.6 Å². The van der Waals surface area contributed by atoms with Crippen molar-refractivity contribution in [3.8, 4) is 0 Å². The van der Waals surface area contributed by atoms with E-state index in [2.05, 4.69) is 24.1 Å². The molecule has 2 aliphatic rings. The second kappa shape index (κ2) is 6.75. The Morgan fingerprint density at radius 1 is 1.12 bits per heavy atom. The Morgan fingerprint density at radius 3 is 2.71 bits per heavy atom. The Hall–Kier alpha value is -0.0800. The lowest BCUT2D eigenvalue weighted by molar-refractivity contribution is 0.0600. The van der Waals surface area contributed by atoms with E-state index in [1.54, 1.807) is 0 Å². The molecule has 2 rings (SSSR count). The van der Waals surface area contributed by atoms with E-state index in [-0.39, 0.29) is 0 Å². The minimum absolute atomic E-state index is 0.638. The molecule has 0 aromatic heterocycles. The monoisotopic (exact) mass is 238 g/mol. The number of nitrogens with one attached hydrogen (secondary N) is 1. The molecule has 100 valence electrons. The molecule has 2 nitrogen and oxygen atoms in total. The van der Waals surface area contributed by atoms with Crippen LogP contribution >= 0.6 is 0 Å². The molecule has 1 aliphatic heterocycles. The molecule has 0 unspecified atom stereocenters. The Labute approximate surface area is 107 Å². The molecule has 0 radical (unpaired) electrons. The molecule has 2 atom stereocenters. The number of rotatable bonds is 5. The van der Waals surface area contributed by atoms with Crippen molar-refractivity contribution in [1.82, 2.24) is 10.2 Å². The normalized spacial score (nSPS) is 30.5. The predicted molar refractivity (Wildman–Crippen MR) is 74.3 cm³/mol. The lowest BCUT2D eigenvalue weighted by Gasteiger charge is -2.44. The molecule has 1 N–H and O–H groups in total. The third-order valence-corrected chi connectivity index (χ3v) is 4.53. The van der Waals surface area contributed by atoms with Gasteiger partial charge < -0.3 is 10.2 Å². The van der Waals surface area contributed by atoms with E-state index in [1.165, 1.54) is 64.6 Å². The molecule has 0 spiro atoms. The molecule has 1 heterocycles. The maximum Gasteiger partial charge on any atom is 0.0123 e. The van der Waals surface area contributed by atoms with Crippen LogP contribution in [0.4, 0.5) is 0 Å². The van der Waals surface area contributed by atoms with E-state index in [0.717, 1.165) is 12.0 Å². The first-order valence-corrected chi connectivity index (χ1v) is 7.75. The first kappa shape index (κ1) is 13.4. The molecule has 0 amide bonds. The van der Waals surface area contributed by atoms with Gasteiger partial charge in [-0.05, 0) is 57.7 Å². The summed E-state index contributed by atoms with van der Waals surface area (Å²) in [6.45, 7) is 8.34. The highest BCUT2D eigenvalue weighted by Gasteiger charge is 2.32. The SMILES string of the molecule is CC(C)NCCCN1CCC[C@H]2CCCC[C@H]21. The van der Waals surface area contributed by atoms with Gasteiger partial charge in [0.1, 0.15) is 0 Å². The van der Waals surface area contributed by atoms with Gasteiger partial charge in [0.05, 0.1) is 0 Å². The fraction of sp³-hybridized carbons (Fsp3) is 1.00. The summed E-state index contributed by atoms with van der Waals surface area (Å²) in [5.41, 5.74) is 0. The van der Waals surface area contributed by atoms with Crippen molar-refractivity contribution in [1.29, 1.82) is 0 Å². The van der Waals surface area contributed by atoms with Gasteiger partial charge in [-0.2, -0.15) is 0 Å². The Bertz CT molecular complexity index is 213. The zero-order valence-electron chi connectivity index (χ0n) is 11.8. The number of likely N-dealkylation sites (tertiary alicyclic amines) is 1. The topological polar surface area (TPSA) is 15.3 Å². The van der Waals surface area contributed by atoms with Crippen LogP contribution in [0.15, 0.2) is 0 Å². The van der Waals surface area contributed by atoms with Gasteiger partial charge >= 0.3 is 0 Å². The van der Waals surface area contributed by atoms with Gasteiger partial charge in [-0.15, -0.1) is 0 Å². The highest BCUT2D eigenvalue weighted by Crippen LogP contribution is 2.35. The van der Waals surface area contributed by atoms with Crippen molar-refractivity contribution in [3.05, 3.63) is 0 Å². The highest BCUT2D eigenvalue weighted by molar-refractivity contribution is 4.87. The summed E-state index contributed by atoms with van der Waals surface area (Å²) in [6.07, 6.45) is 10.2. The van der Waals surface area contributed by atoms with Crippen molar-refractivity contribution < 1.29 is 0 Å². The summed E-state index contributed by atoms with van der Waals surface area (Å²) in [6, 6.07) is 1.58. The molecule has 1 aliphatic carbocycles. The molecule has 2 fully saturated rings. The molecule has 0 bridgehead atoms. The Morgan fingerprint density at radius 2 is 1.88 bits per heavy atom. The first-order chi connectivity index (χ1) is 8.27. The second-order valence-corrected chi connectivity index (χ2v) is 6.25. The molecule has 1 saturated carbocycles. The Kier molecular flexibility index (Phi) is 5.30. The van der Waals surface area contributed by atoms with E-state index in [4.69, 9.17) is 0 Å². The van der Waals surface area contributed by atoms with E-state index in [0.29, 0.717) is 6.04 Å². The Balaban J connectivity index is 1.71. The van der Waals surface area contributed by atoms with Crippen LogP contribution in [0.25, 0.3) is 0 Å². The van der Waals surface area contributed by atoms with Crippen LogP contribution in [-0.2, 0) is 0 Å². The zero-order chi connectivity index (χ0) is 12.1. The van der Waals surface area contributed by atoms with E-state index in [1.807, 2.05) is 0 Å². The fourth-order valence-corrected chi connectivity index (χ4v) is 3.68. The number of hydrogen-bond acceptors (Lipinski definition) is 2. The summed E-state index contributed by atoms with van der Waals surface area (Å²) < 4.78 is 0. The number of piperidine rings is 1. The number of hydrogen-bond donors (Lipinski definition) is 1. The molecule has 0 aromatic carbocycles. The van der Waals surface area contributed by atoms with Crippen LogP contribution in [-0.4, -0.2) is 36.6 Å². The third kappa shape index (κ3) is 3.96. The van der Waals surface area contributed by atoms with Gasteiger partial charge in [0.15, 0.2) is 0 Å². The van der Waals surface area contributed by atoms with Gasteiger partial charge in [-0.3, -0.25) is 0 Å². The van der Waals surface area contributed by atoms with E-state index in [9.17, 15) is 0 Å². The van der Waals surface area contributed by atoms with Crippen LogP contribution in [0, 0.1) is 5.92 Å². The molecule has 1 saturated heterocycles. The quantitative estimate of drug-likeness (QED) is 0.741. The summed E-state index contributed by atoms with van der Waals surface area (Å²) in [4.78, 5) is 2.80. The third-order valence-electron chi connectivity index (χ3n) is 4.53. The largest absolute Gasteiger partial charge is 0.314 e. The average Bonchev–Trinajstić information content (AvgIpc) is 2.34. The first-order valence-electron chi connectivity index (χ1n) is 7.75. The van der Waals surface area contributed by atoms with Crippen molar-refractivity contribution in [2.24, 2.45) is 5.92 Å². The van der Waals surface area contributed by atoms with Crippen molar-refractivity contribution in [2.45, 2.75) is 70.9 Å². The molecule has 0 aromatic rings. The van der Waals surface area contributed by atoms with Crippen molar-refractivity contribution in [3.63, 3.8) is 0 Å². The standard InChI is InChI=1S/C15H30N2/c1-13(2)16-10-6-12-17-11-5-8-14-7-3-4-9-15(14)17/h13-16H,3-12H2,1-2H3/t14-,15-/m1/s1. The molecular formula is C15H30N2. The maximum atomic E-state index is 3.53. The summed E-state index contributed by atoms with van der Waals surface area (Å²) in [7, 11) is 0. The van der Waals surface area contributed by atoms with Gasteiger partial charge in [0.25, 0.3) is 0 Å². The van der Waals surface area contributed by atoms with Crippen LogP contribution in [0.3, 0.4) is 0 Å². The van der Waals surface area contributed by atoms with Crippen LogP contribution < -0.4 is 5.32 Å².